The summed E-state index contributed by atoms with van der Waals surface area (Å²) in [5.74, 6) is -0.770. The highest BCUT2D eigenvalue weighted by atomic mass is 79.9. The van der Waals surface area contributed by atoms with Gasteiger partial charge in [0.15, 0.2) is 0 Å². The molecule has 1 aromatic rings. The number of carbonyl (C=O) groups is 1. The van der Waals surface area contributed by atoms with E-state index in [9.17, 15) is 9.90 Å². The molecule has 1 aliphatic rings. The summed E-state index contributed by atoms with van der Waals surface area (Å²) in [4.78, 5) is 11.2. The maximum atomic E-state index is 11.2. The van der Waals surface area contributed by atoms with Crippen LogP contribution in [-0.2, 0) is 11.2 Å². The van der Waals surface area contributed by atoms with Gasteiger partial charge in [0.05, 0.1) is 5.41 Å². The number of hydrogen-bond donors (Lipinski definition) is 2. The molecule has 1 aliphatic heterocycles. The Bertz CT molecular complexity index is 443. The van der Waals surface area contributed by atoms with Crippen LogP contribution < -0.4 is 5.32 Å². The first-order chi connectivity index (χ1) is 7.43. The molecule has 1 aromatic carbocycles. The fraction of sp³-hybridized carbons (Fsp3) is 0.417. The third kappa shape index (κ3) is 1.71. The van der Waals surface area contributed by atoms with Crippen molar-refractivity contribution in [2.75, 3.05) is 5.32 Å². The molecule has 2 N–H and O–H groups in total. The van der Waals surface area contributed by atoms with E-state index in [2.05, 4.69) is 21.2 Å². The molecule has 0 amide bonds. The molecule has 0 bridgehead atoms. The predicted octanol–water partition coefficient (Wildman–Crippen LogP) is 2.90. The van der Waals surface area contributed by atoms with E-state index < -0.39 is 11.4 Å². The van der Waals surface area contributed by atoms with E-state index in [1.54, 1.807) is 13.8 Å². The van der Waals surface area contributed by atoms with Gasteiger partial charge in [0, 0.05) is 16.2 Å². The van der Waals surface area contributed by atoms with Gasteiger partial charge in [-0.25, -0.2) is 0 Å². The zero-order valence-corrected chi connectivity index (χ0v) is 10.8. The smallest absolute Gasteiger partial charge is 0.311 e. The molecule has 0 aliphatic carbocycles. The Kier molecular flexibility index (Phi) is 2.70. The lowest BCUT2D eigenvalue weighted by Crippen LogP contribution is -2.41. The Morgan fingerprint density at radius 2 is 2.25 bits per heavy atom. The monoisotopic (exact) mass is 283 g/mol. The topological polar surface area (TPSA) is 49.3 Å². The summed E-state index contributed by atoms with van der Waals surface area (Å²) in [5, 5.41) is 12.5. The lowest BCUT2D eigenvalue weighted by atomic mass is 9.83. The van der Waals surface area contributed by atoms with E-state index in [1.165, 1.54) is 5.56 Å². The van der Waals surface area contributed by atoms with Crippen LogP contribution in [0.2, 0.25) is 0 Å². The Balaban J connectivity index is 2.30. The molecule has 2 rings (SSSR count). The van der Waals surface area contributed by atoms with Crippen molar-refractivity contribution in [1.82, 2.24) is 0 Å². The Labute approximate surface area is 103 Å². The van der Waals surface area contributed by atoms with E-state index in [0.29, 0.717) is 0 Å². The average Bonchev–Trinajstić information content (AvgIpc) is 2.63. The summed E-state index contributed by atoms with van der Waals surface area (Å²) in [6, 6.07) is 5.86. The number of hydrogen-bond acceptors (Lipinski definition) is 2. The minimum atomic E-state index is -0.770. The first-order valence-corrected chi connectivity index (χ1v) is 5.99. The van der Waals surface area contributed by atoms with Gasteiger partial charge in [0.1, 0.15) is 0 Å². The third-order valence-corrected chi connectivity index (χ3v) is 4.02. The number of carboxylic acids is 1. The summed E-state index contributed by atoms with van der Waals surface area (Å²) in [6.45, 7) is 3.51. The number of carboxylic acid groups (broad SMARTS) is 1. The van der Waals surface area contributed by atoms with Crippen LogP contribution in [0.1, 0.15) is 19.4 Å². The molecule has 0 radical (unpaired) electrons. The van der Waals surface area contributed by atoms with Gasteiger partial charge in [0.25, 0.3) is 0 Å². The van der Waals surface area contributed by atoms with Crippen LogP contribution in [0.5, 0.6) is 0 Å². The van der Waals surface area contributed by atoms with Crippen LogP contribution in [0.25, 0.3) is 0 Å². The van der Waals surface area contributed by atoms with Gasteiger partial charge in [0.2, 0.25) is 0 Å². The van der Waals surface area contributed by atoms with Gasteiger partial charge in [-0.1, -0.05) is 22.0 Å². The van der Waals surface area contributed by atoms with Crippen LogP contribution in [-0.4, -0.2) is 17.1 Å². The van der Waals surface area contributed by atoms with E-state index in [0.717, 1.165) is 16.6 Å². The summed E-state index contributed by atoms with van der Waals surface area (Å²) in [6.07, 6.45) is 0.746. The number of halogens is 1. The van der Waals surface area contributed by atoms with Crippen molar-refractivity contribution in [2.24, 2.45) is 5.41 Å². The van der Waals surface area contributed by atoms with Crippen molar-refractivity contribution in [2.45, 2.75) is 26.3 Å². The van der Waals surface area contributed by atoms with Crippen molar-refractivity contribution < 1.29 is 9.90 Å². The lowest BCUT2D eigenvalue weighted by Gasteiger charge is -2.27. The molecule has 0 saturated carbocycles. The van der Waals surface area contributed by atoms with Crippen molar-refractivity contribution in [3.63, 3.8) is 0 Å². The number of benzene rings is 1. The molecule has 86 valence electrons. The van der Waals surface area contributed by atoms with Gasteiger partial charge >= 0.3 is 5.97 Å². The Morgan fingerprint density at radius 3 is 2.81 bits per heavy atom. The van der Waals surface area contributed by atoms with E-state index in [4.69, 9.17) is 0 Å². The summed E-state index contributed by atoms with van der Waals surface area (Å²) in [5.41, 5.74) is 1.44. The number of aliphatic carboxylic acids is 1. The largest absolute Gasteiger partial charge is 0.481 e. The normalized spacial score (nSPS) is 19.1. The molecule has 16 heavy (non-hydrogen) atoms. The molecule has 0 fully saturated rings. The van der Waals surface area contributed by atoms with Gasteiger partial charge in [-0.2, -0.15) is 0 Å². The molecule has 1 heterocycles. The van der Waals surface area contributed by atoms with E-state index in [1.807, 2.05) is 18.2 Å². The number of nitrogens with one attached hydrogen (secondary N) is 1. The molecule has 1 atom stereocenters. The molecule has 1 unspecified atom stereocenters. The van der Waals surface area contributed by atoms with Gasteiger partial charge in [-0.05, 0) is 38.0 Å². The average molecular weight is 284 g/mol. The minimum absolute atomic E-state index is 0.0568. The molecular weight excluding hydrogens is 270 g/mol. The maximum Gasteiger partial charge on any atom is 0.311 e. The van der Waals surface area contributed by atoms with Crippen LogP contribution in [0.15, 0.2) is 22.7 Å². The van der Waals surface area contributed by atoms with Gasteiger partial charge in [-0.3, -0.25) is 4.79 Å². The van der Waals surface area contributed by atoms with Crippen LogP contribution in [0.4, 0.5) is 5.69 Å². The number of anilines is 1. The fourth-order valence-corrected chi connectivity index (χ4v) is 2.46. The zero-order chi connectivity index (χ0) is 11.9. The SMILES string of the molecule is CC(C)(C(=O)O)C1Cc2c(Br)cccc2N1. The summed E-state index contributed by atoms with van der Waals surface area (Å²) >= 11 is 3.49. The van der Waals surface area contributed by atoms with E-state index in [-0.39, 0.29) is 6.04 Å². The lowest BCUT2D eigenvalue weighted by molar-refractivity contribution is -0.147. The summed E-state index contributed by atoms with van der Waals surface area (Å²) < 4.78 is 1.04. The molecule has 0 spiro atoms. The fourth-order valence-electron chi connectivity index (χ4n) is 1.93. The zero-order valence-electron chi connectivity index (χ0n) is 9.25. The molecule has 0 aromatic heterocycles. The summed E-state index contributed by atoms with van der Waals surface area (Å²) in [7, 11) is 0. The highest BCUT2D eigenvalue weighted by molar-refractivity contribution is 9.10. The second-order valence-corrected chi connectivity index (χ2v) is 5.55. The molecular formula is C12H14BrNO2. The predicted molar refractivity (Wildman–Crippen MR) is 66.7 cm³/mol. The standard InChI is InChI=1S/C12H14BrNO2/c1-12(2,11(15)16)10-6-7-8(13)4-3-5-9(7)14-10/h3-5,10,14H,6H2,1-2H3,(H,15,16). The Morgan fingerprint density at radius 1 is 1.56 bits per heavy atom. The molecule has 0 saturated heterocycles. The second-order valence-electron chi connectivity index (χ2n) is 4.69. The van der Waals surface area contributed by atoms with Gasteiger partial charge < -0.3 is 10.4 Å². The minimum Gasteiger partial charge on any atom is -0.481 e. The van der Waals surface area contributed by atoms with Crippen LogP contribution >= 0.6 is 15.9 Å². The van der Waals surface area contributed by atoms with E-state index >= 15 is 0 Å². The number of fused-ring (bicyclic) bond motifs is 1. The van der Waals surface area contributed by atoms with Crippen LogP contribution in [0, 0.1) is 5.41 Å². The van der Waals surface area contributed by atoms with Crippen molar-refractivity contribution in [3.05, 3.63) is 28.2 Å². The molecule has 4 heteroatoms. The van der Waals surface area contributed by atoms with Gasteiger partial charge in [-0.15, -0.1) is 0 Å². The second kappa shape index (κ2) is 3.77. The van der Waals surface area contributed by atoms with Crippen molar-refractivity contribution >= 4 is 27.6 Å². The molecule has 3 nitrogen and oxygen atoms in total. The Hall–Kier alpha value is -1.03. The maximum absolute atomic E-state index is 11.2. The first-order valence-electron chi connectivity index (χ1n) is 5.20. The quantitative estimate of drug-likeness (QED) is 0.878. The third-order valence-electron chi connectivity index (χ3n) is 3.28. The van der Waals surface area contributed by atoms with Crippen molar-refractivity contribution in [1.29, 1.82) is 0 Å². The first kappa shape index (κ1) is 11.5. The highest BCUT2D eigenvalue weighted by Gasteiger charge is 2.40. The highest BCUT2D eigenvalue weighted by Crippen LogP contribution is 2.38. The van der Waals surface area contributed by atoms with Crippen LogP contribution in [0.3, 0.4) is 0 Å². The van der Waals surface area contributed by atoms with Crippen molar-refractivity contribution in [3.8, 4) is 0 Å². The number of rotatable bonds is 2.